The number of fused-ring (bicyclic) bond motifs is 1. The summed E-state index contributed by atoms with van der Waals surface area (Å²) in [5.74, 6) is -0.927. The van der Waals surface area contributed by atoms with E-state index >= 15 is 0 Å². The second-order valence-corrected chi connectivity index (χ2v) is 6.68. The number of aromatic nitrogens is 2. The van der Waals surface area contributed by atoms with Crippen molar-refractivity contribution in [2.75, 3.05) is 6.54 Å². The summed E-state index contributed by atoms with van der Waals surface area (Å²) in [5, 5.41) is 18.0. The number of amides is 1. The maximum atomic E-state index is 14.1. The quantitative estimate of drug-likeness (QED) is 0.358. The Balaban J connectivity index is 1.98. The van der Waals surface area contributed by atoms with Gasteiger partial charge >= 0.3 is 0 Å². The van der Waals surface area contributed by atoms with Gasteiger partial charge in [-0.15, -0.1) is 6.58 Å². The number of carbonyl (C=O) groups is 1. The highest BCUT2D eigenvalue weighted by Gasteiger charge is 2.23. The Hall–Kier alpha value is -3.07. The van der Waals surface area contributed by atoms with Crippen molar-refractivity contribution < 1.29 is 14.1 Å². The molecule has 3 aromatic rings. The van der Waals surface area contributed by atoms with Crippen molar-refractivity contribution in [1.29, 1.82) is 0 Å². The Bertz CT molecular complexity index is 1050. The summed E-state index contributed by atoms with van der Waals surface area (Å²) in [6.45, 7) is 3.79. The van der Waals surface area contributed by atoms with Gasteiger partial charge in [-0.2, -0.15) is 5.10 Å². The molecule has 9 heteroatoms. The van der Waals surface area contributed by atoms with E-state index < -0.39 is 16.6 Å². The van der Waals surface area contributed by atoms with Crippen molar-refractivity contribution in [3.63, 3.8) is 0 Å². The second-order valence-electron chi connectivity index (χ2n) is 5.77. The fourth-order valence-corrected chi connectivity index (χ4v) is 3.08. The number of aromatic amines is 1. The average Bonchev–Trinajstić information content (AvgIpc) is 3.06. The number of hydrogen-bond acceptors (Lipinski definition) is 4. The standard InChI is InChI=1S/C18H14BrFN4O3/c1-2-7-23(10-11-8-12(19)3-5-15(11)20)18(25)17-14-9-13(24(26)27)4-6-16(14)21-22-17/h2-6,8-9H,1,7,10H2,(H,21,22). The number of halogens is 2. The molecular formula is C18H14BrFN4O3. The molecule has 1 N–H and O–H groups in total. The molecule has 0 radical (unpaired) electrons. The molecule has 3 rings (SSSR count). The molecule has 0 aliphatic rings. The number of carbonyl (C=O) groups excluding carboxylic acids is 1. The minimum absolute atomic E-state index is 0.000588. The summed E-state index contributed by atoms with van der Waals surface area (Å²) < 4.78 is 14.8. The highest BCUT2D eigenvalue weighted by atomic mass is 79.9. The second kappa shape index (κ2) is 7.67. The van der Waals surface area contributed by atoms with Crippen LogP contribution in [0.3, 0.4) is 0 Å². The Kier molecular flexibility index (Phi) is 5.31. The lowest BCUT2D eigenvalue weighted by Gasteiger charge is -2.21. The Morgan fingerprint density at radius 1 is 1.37 bits per heavy atom. The highest BCUT2D eigenvalue weighted by Crippen LogP contribution is 2.24. The number of non-ortho nitro benzene ring substituents is 1. The third-order valence-electron chi connectivity index (χ3n) is 3.97. The molecule has 2 aromatic carbocycles. The number of benzene rings is 2. The van der Waals surface area contributed by atoms with Gasteiger partial charge in [0.1, 0.15) is 5.82 Å². The van der Waals surface area contributed by atoms with E-state index in [-0.39, 0.29) is 24.5 Å². The van der Waals surface area contributed by atoms with E-state index in [2.05, 4.69) is 32.7 Å². The molecule has 0 spiro atoms. The van der Waals surface area contributed by atoms with Crippen molar-refractivity contribution in [2.24, 2.45) is 0 Å². The van der Waals surface area contributed by atoms with Gasteiger partial charge in [-0.25, -0.2) is 4.39 Å². The molecule has 1 heterocycles. The fraction of sp³-hybridized carbons (Fsp3) is 0.111. The van der Waals surface area contributed by atoms with E-state index in [4.69, 9.17) is 0 Å². The minimum atomic E-state index is -0.543. The molecule has 1 aromatic heterocycles. The summed E-state index contributed by atoms with van der Waals surface area (Å²) in [6.07, 6.45) is 1.52. The van der Waals surface area contributed by atoms with Crippen LogP contribution >= 0.6 is 15.9 Å². The third-order valence-corrected chi connectivity index (χ3v) is 4.46. The molecule has 7 nitrogen and oxygen atoms in total. The first kappa shape index (κ1) is 18.7. The topological polar surface area (TPSA) is 92.1 Å². The predicted octanol–water partition coefficient (Wildman–Crippen LogP) is 4.20. The van der Waals surface area contributed by atoms with Gasteiger partial charge in [-0.1, -0.05) is 22.0 Å². The Morgan fingerprint density at radius 3 is 2.85 bits per heavy atom. The third kappa shape index (κ3) is 3.87. The molecule has 0 unspecified atom stereocenters. The lowest BCUT2D eigenvalue weighted by molar-refractivity contribution is -0.384. The molecule has 0 fully saturated rings. The van der Waals surface area contributed by atoms with E-state index in [0.717, 1.165) is 0 Å². The lowest BCUT2D eigenvalue weighted by atomic mass is 10.1. The number of H-pyrrole nitrogens is 1. The molecule has 0 aliphatic heterocycles. The van der Waals surface area contributed by atoms with Gasteiger partial charge in [0.05, 0.1) is 10.4 Å². The SMILES string of the molecule is C=CCN(Cc1cc(Br)ccc1F)C(=O)c1n[nH]c2ccc([N+](=O)[O-])cc12. The van der Waals surface area contributed by atoms with Crippen molar-refractivity contribution in [1.82, 2.24) is 15.1 Å². The van der Waals surface area contributed by atoms with Gasteiger partial charge in [0.2, 0.25) is 0 Å². The zero-order valence-electron chi connectivity index (χ0n) is 14.0. The van der Waals surface area contributed by atoms with Gasteiger partial charge in [-0.3, -0.25) is 20.0 Å². The smallest absolute Gasteiger partial charge is 0.275 e. The highest BCUT2D eigenvalue weighted by molar-refractivity contribution is 9.10. The maximum Gasteiger partial charge on any atom is 0.275 e. The normalized spacial score (nSPS) is 10.7. The number of nitrogens with zero attached hydrogens (tertiary/aromatic N) is 3. The van der Waals surface area contributed by atoms with Gasteiger partial charge in [-0.05, 0) is 24.3 Å². The zero-order chi connectivity index (χ0) is 19.6. The first-order chi connectivity index (χ1) is 12.9. The van der Waals surface area contributed by atoms with E-state index in [1.165, 1.54) is 35.2 Å². The molecule has 0 bridgehead atoms. The molecule has 138 valence electrons. The summed E-state index contributed by atoms with van der Waals surface area (Å²) >= 11 is 3.28. The van der Waals surface area contributed by atoms with Gasteiger partial charge in [0, 0.05) is 40.6 Å². The number of nitrogens with one attached hydrogen (secondary N) is 1. The van der Waals surface area contributed by atoms with Crippen LogP contribution in [-0.2, 0) is 6.54 Å². The van der Waals surface area contributed by atoms with Crippen LogP contribution in [0, 0.1) is 15.9 Å². The van der Waals surface area contributed by atoms with E-state index in [9.17, 15) is 19.3 Å². The van der Waals surface area contributed by atoms with Crippen LogP contribution in [0.5, 0.6) is 0 Å². The number of rotatable bonds is 6. The van der Waals surface area contributed by atoms with E-state index in [0.29, 0.717) is 20.9 Å². The fourth-order valence-electron chi connectivity index (χ4n) is 2.67. The number of nitro benzene ring substituents is 1. The molecular weight excluding hydrogens is 419 g/mol. The summed E-state index contributed by atoms with van der Waals surface area (Å²) in [6, 6.07) is 8.57. The van der Waals surface area contributed by atoms with Crippen molar-refractivity contribution in [3.05, 3.63) is 80.7 Å². The van der Waals surface area contributed by atoms with Crippen LogP contribution in [0.25, 0.3) is 10.9 Å². The van der Waals surface area contributed by atoms with Crippen LogP contribution in [0.1, 0.15) is 16.1 Å². The average molecular weight is 433 g/mol. The lowest BCUT2D eigenvalue weighted by Crippen LogP contribution is -2.31. The zero-order valence-corrected chi connectivity index (χ0v) is 15.6. The summed E-state index contributed by atoms with van der Waals surface area (Å²) in [4.78, 5) is 24.8. The number of nitro groups is 1. The largest absolute Gasteiger partial charge is 0.329 e. The predicted molar refractivity (Wildman–Crippen MR) is 102 cm³/mol. The maximum absolute atomic E-state index is 14.1. The van der Waals surface area contributed by atoms with E-state index in [1.807, 2.05) is 0 Å². The van der Waals surface area contributed by atoms with Gasteiger partial charge < -0.3 is 4.90 Å². The molecule has 27 heavy (non-hydrogen) atoms. The molecule has 0 saturated carbocycles. The Labute approximate surface area is 161 Å². The summed E-state index contributed by atoms with van der Waals surface area (Å²) in [7, 11) is 0. The van der Waals surface area contributed by atoms with Gasteiger partial charge in [0.25, 0.3) is 11.6 Å². The Morgan fingerprint density at radius 2 is 2.15 bits per heavy atom. The molecule has 0 atom stereocenters. The first-order valence-electron chi connectivity index (χ1n) is 7.87. The van der Waals surface area contributed by atoms with Crippen LogP contribution in [0.2, 0.25) is 0 Å². The molecule has 0 aliphatic carbocycles. The summed E-state index contributed by atoms with van der Waals surface area (Å²) in [5.41, 5.74) is 0.707. The molecule has 1 amide bonds. The number of hydrogen-bond donors (Lipinski definition) is 1. The van der Waals surface area contributed by atoms with Crippen LogP contribution in [-0.4, -0.2) is 32.5 Å². The molecule has 0 saturated heterocycles. The van der Waals surface area contributed by atoms with Gasteiger partial charge in [0.15, 0.2) is 5.69 Å². The van der Waals surface area contributed by atoms with Crippen molar-refractivity contribution >= 4 is 38.4 Å². The van der Waals surface area contributed by atoms with E-state index in [1.54, 1.807) is 12.1 Å². The van der Waals surface area contributed by atoms with Crippen LogP contribution in [0.4, 0.5) is 10.1 Å². The van der Waals surface area contributed by atoms with Crippen LogP contribution < -0.4 is 0 Å². The monoisotopic (exact) mass is 432 g/mol. The minimum Gasteiger partial charge on any atom is -0.329 e. The van der Waals surface area contributed by atoms with Crippen molar-refractivity contribution in [2.45, 2.75) is 6.54 Å². The first-order valence-corrected chi connectivity index (χ1v) is 8.66. The van der Waals surface area contributed by atoms with Crippen LogP contribution in [0.15, 0.2) is 53.5 Å². The van der Waals surface area contributed by atoms with Crippen molar-refractivity contribution in [3.8, 4) is 0 Å².